The molecule has 0 amide bonds. The van der Waals surface area contributed by atoms with E-state index in [1.54, 1.807) is 18.3 Å². The number of aromatic nitrogens is 3. The Balaban J connectivity index is 1.79. The van der Waals surface area contributed by atoms with Crippen molar-refractivity contribution in [2.45, 2.75) is 33.4 Å². The van der Waals surface area contributed by atoms with E-state index in [4.69, 9.17) is 4.52 Å². The van der Waals surface area contributed by atoms with Crippen LogP contribution >= 0.6 is 11.3 Å². The molecule has 2 rings (SSSR count). The number of thiazole rings is 1. The molecule has 0 aromatic carbocycles. The molecule has 2 aromatic heterocycles. The molecule has 2 heterocycles. The number of rotatable bonds is 5. The molecule has 16 heavy (non-hydrogen) atoms. The van der Waals surface area contributed by atoms with Gasteiger partial charge in [-0.2, -0.15) is 4.98 Å². The summed E-state index contributed by atoms with van der Waals surface area (Å²) in [5.41, 5.74) is 1.07. The first kappa shape index (κ1) is 11.2. The lowest BCUT2D eigenvalue weighted by Crippen LogP contribution is -2.14. The molecule has 0 spiro atoms. The van der Waals surface area contributed by atoms with Crippen LogP contribution in [0.25, 0.3) is 0 Å². The summed E-state index contributed by atoms with van der Waals surface area (Å²) in [4.78, 5) is 8.56. The fourth-order valence-electron chi connectivity index (χ4n) is 1.31. The summed E-state index contributed by atoms with van der Waals surface area (Å²) in [6.07, 6.45) is 0.995. The first-order valence-electron chi connectivity index (χ1n) is 5.21. The monoisotopic (exact) mass is 238 g/mol. The van der Waals surface area contributed by atoms with Crippen molar-refractivity contribution in [1.29, 1.82) is 0 Å². The predicted octanol–water partition coefficient (Wildman–Crippen LogP) is 1.69. The van der Waals surface area contributed by atoms with E-state index in [-0.39, 0.29) is 0 Å². The Hall–Kier alpha value is -1.27. The largest absolute Gasteiger partial charge is 0.340 e. The first-order valence-corrected chi connectivity index (χ1v) is 6.09. The molecule has 5 nitrogen and oxygen atoms in total. The molecule has 0 saturated heterocycles. The van der Waals surface area contributed by atoms with E-state index in [0.717, 1.165) is 18.7 Å². The van der Waals surface area contributed by atoms with Gasteiger partial charge in [-0.3, -0.25) is 0 Å². The summed E-state index contributed by atoms with van der Waals surface area (Å²) in [5.74, 6) is 1.28. The highest BCUT2D eigenvalue weighted by molar-refractivity contribution is 7.09. The van der Waals surface area contributed by atoms with Gasteiger partial charge in [-0.1, -0.05) is 12.1 Å². The second kappa shape index (κ2) is 5.18. The topological polar surface area (TPSA) is 63.8 Å². The Morgan fingerprint density at radius 1 is 1.38 bits per heavy atom. The van der Waals surface area contributed by atoms with Crippen molar-refractivity contribution in [1.82, 2.24) is 20.4 Å². The SMILES string of the molecule is CCc1nc(CNCc2noc(C)n2)cs1. The van der Waals surface area contributed by atoms with Gasteiger partial charge >= 0.3 is 0 Å². The lowest BCUT2D eigenvalue weighted by molar-refractivity contribution is 0.385. The van der Waals surface area contributed by atoms with Gasteiger partial charge in [-0.05, 0) is 6.42 Å². The van der Waals surface area contributed by atoms with E-state index < -0.39 is 0 Å². The minimum atomic E-state index is 0.596. The van der Waals surface area contributed by atoms with E-state index in [1.165, 1.54) is 5.01 Å². The number of aryl methyl sites for hydroxylation is 2. The lowest BCUT2D eigenvalue weighted by atomic mass is 10.4. The summed E-state index contributed by atoms with van der Waals surface area (Å²) in [6, 6.07) is 0. The quantitative estimate of drug-likeness (QED) is 0.858. The molecule has 86 valence electrons. The van der Waals surface area contributed by atoms with E-state index in [0.29, 0.717) is 18.3 Å². The van der Waals surface area contributed by atoms with Crippen molar-refractivity contribution in [3.63, 3.8) is 0 Å². The standard InChI is InChI=1S/C10H14N4OS/c1-3-10-13-8(6-16-10)4-11-5-9-12-7(2)15-14-9/h6,11H,3-5H2,1-2H3. The van der Waals surface area contributed by atoms with Crippen LogP contribution in [0.2, 0.25) is 0 Å². The Labute approximate surface area is 97.9 Å². The fraction of sp³-hybridized carbons (Fsp3) is 0.500. The molecule has 0 radical (unpaired) electrons. The number of nitrogens with one attached hydrogen (secondary N) is 1. The molecule has 1 N–H and O–H groups in total. The van der Waals surface area contributed by atoms with Crippen LogP contribution in [0, 0.1) is 6.92 Å². The number of hydrogen-bond donors (Lipinski definition) is 1. The maximum absolute atomic E-state index is 4.87. The summed E-state index contributed by atoms with van der Waals surface area (Å²) >= 11 is 1.70. The van der Waals surface area contributed by atoms with E-state index in [9.17, 15) is 0 Å². The Morgan fingerprint density at radius 3 is 2.88 bits per heavy atom. The maximum Gasteiger partial charge on any atom is 0.223 e. The third-order valence-corrected chi connectivity index (χ3v) is 3.10. The van der Waals surface area contributed by atoms with Gasteiger partial charge in [0.25, 0.3) is 0 Å². The van der Waals surface area contributed by atoms with Crippen LogP contribution in [-0.4, -0.2) is 15.1 Å². The molecule has 0 unspecified atom stereocenters. The van der Waals surface area contributed by atoms with Crippen LogP contribution in [0.15, 0.2) is 9.90 Å². The highest BCUT2D eigenvalue weighted by Crippen LogP contribution is 2.09. The van der Waals surface area contributed by atoms with Crippen LogP contribution in [0.5, 0.6) is 0 Å². The predicted molar refractivity (Wildman–Crippen MR) is 61.1 cm³/mol. The maximum atomic E-state index is 4.87. The molecule has 0 aliphatic heterocycles. The minimum Gasteiger partial charge on any atom is -0.340 e. The molecule has 0 aliphatic rings. The van der Waals surface area contributed by atoms with Gasteiger partial charge in [0.2, 0.25) is 5.89 Å². The van der Waals surface area contributed by atoms with Crippen molar-refractivity contribution < 1.29 is 4.52 Å². The van der Waals surface area contributed by atoms with Crippen molar-refractivity contribution in [2.24, 2.45) is 0 Å². The fourth-order valence-corrected chi connectivity index (χ4v) is 2.05. The second-order valence-electron chi connectivity index (χ2n) is 3.42. The minimum absolute atomic E-state index is 0.596. The van der Waals surface area contributed by atoms with E-state index in [1.807, 2.05) is 0 Å². The summed E-state index contributed by atoms with van der Waals surface area (Å²) < 4.78 is 4.87. The van der Waals surface area contributed by atoms with Crippen molar-refractivity contribution >= 4 is 11.3 Å². The van der Waals surface area contributed by atoms with Crippen molar-refractivity contribution in [3.05, 3.63) is 27.8 Å². The van der Waals surface area contributed by atoms with Gasteiger partial charge in [0.1, 0.15) is 0 Å². The van der Waals surface area contributed by atoms with Gasteiger partial charge < -0.3 is 9.84 Å². The molecule has 0 atom stereocenters. The van der Waals surface area contributed by atoms with Crippen LogP contribution in [0.4, 0.5) is 0 Å². The van der Waals surface area contributed by atoms with Crippen LogP contribution in [0.1, 0.15) is 29.3 Å². The van der Waals surface area contributed by atoms with Gasteiger partial charge in [0.15, 0.2) is 5.82 Å². The summed E-state index contributed by atoms with van der Waals surface area (Å²) in [7, 11) is 0. The zero-order valence-corrected chi connectivity index (χ0v) is 10.2. The molecular formula is C10H14N4OS. The highest BCUT2D eigenvalue weighted by Gasteiger charge is 2.03. The zero-order chi connectivity index (χ0) is 11.4. The van der Waals surface area contributed by atoms with Gasteiger partial charge in [0, 0.05) is 18.8 Å². The van der Waals surface area contributed by atoms with E-state index in [2.05, 4.69) is 32.7 Å². The molecular weight excluding hydrogens is 224 g/mol. The van der Waals surface area contributed by atoms with Crippen molar-refractivity contribution in [3.8, 4) is 0 Å². The van der Waals surface area contributed by atoms with Crippen LogP contribution in [-0.2, 0) is 19.5 Å². The molecule has 0 saturated carbocycles. The summed E-state index contributed by atoms with van der Waals surface area (Å²) in [6.45, 7) is 5.24. The van der Waals surface area contributed by atoms with Crippen molar-refractivity contribution in [2.75, 3.05) is 0 Å². The molecule has 0 fully saturated rings. The first-order chi connectivity index (χ1) is 7.78. The zero-order valence-electron chi connectivity index (χ0n) is 9.36. The van der Waals surface area contributed by atoms with Crippen LogP contribution < -0.4 is 5.32 Å². The third-order valence-electron chi connectivity index (χ3n) is 2.06. The Bertz CT molecular complexity index is 451. The second-order valence-corrected chi connectivity index (χ2v) is 4.36. The normalized spacial score (nSPS) is 10.9. The average Bonchev–Trinajstić information content (AvgIpc) is 2.88. The average molecular weight is 238 g/mol. The van der Waals surface area contributed by atoms with Crippen LogP contribution in [0.3, 0.4) is 0 Å². The van der Waals surface area contributed by atoms with Gasteiger partial charge in [-0.25, -0.2) is 4.98 Å². The van der Waals surface area contributed by atoms with Gasteiger partial charge in [0.05, 0.1) is 17.2 Å². The Kier molecular flexibility index (Phi) is 3.63. The number of hydrogen-bond acceptors (Lipinski definition) is 6. The molecule has 6 heteroatoms. The molecule has 0 aliphatic carbocycles. The van der Waals surface area contributed by atoms with Gasteiger partial charge in [-0.15, -0.1) is 11.3 Å². The highest BCUT2D eigenvalue weighted by atomic mass is 32.1. The molecule has 2 aromatic rings. The summed E-state index contributed by atoms with van der Waals surface area (Å²) in [5, 5.41) is 10.3. The van der Waals surface area contributed by atoms with E-state index >= 15 is 0 Å². The number of nitrogens with zero attached hydrogens (tertiary/aromatic N) is 3. The lowest BCUT2D eigenvalue weighted by Gasteiger charge is -1.97. The third kappa shape index (κ3) is 2.86. The Morgan fingerprint density at radius 2 is 2.25 bits per heavy atom. The molecule has 0 bridgehead atoms. The smallest absolute Gasteiger partial charge is 0.223 e.